The SMILES string of the molecule is COc1ccc(C(Nc2ncnc3c2ncn3C(CCOCP(=O)(OC(C)C)OC(C)C)C(C)OC(c2ccccc2)(c2ccccc2)c2ccc(OC)cc2)(c2ccccc2)c2ccccc2)cc1. The number of hydrogen-bond acceptors (Lipinski definition) is 11. The maximum absolute atomic E-state index is 14.0. The predicted octanol–water partition coefficient (Wildman–Crippen LogP) is 12.6. The number of aromatic nitrogens is 4. The van der Waals surface area contributed by atoms with E-state index in [9.17, 15) is 4.57 Å². The van der Waals surface area contributed by atoms with Crippen molar-refractivity contribution in [2.75, 3.05) is 32.5 Å². The minimum Gasteiger partial charge on any atom is -0.497 e. The summed E-state index contributed by atoms with van der Waals surface area (Å²) in [6, 6.07) is 56.8. The van der Waals surface area contributed by atoms with Crippen LogP contribution in [-0.2, 0) is 34.2 Å². The first-order valence-electron chi connectivity index (χ1n) is 23.7. The van der Waals surface area contributed by atoms with Crippen LogP contribution in [0.15, 0.2) is 183 Å². The first-order chi connectivity index (χ1) is 34.0. The Hall–Kier alpha value is -6.66. The molecule has 362 valence electrons. The van der Waals surface area contributed by atoms with E-state index in [4.69, 9.17) is 42.9 Å². The Bertz CT molecular complexity index is 2830. The second-order valence-electron chi connectivity index (χ2n) is 17.7. The van der Waals surface area contributed by atoms with Gasteiger partial charge in [0.1, 0.15) is 40.8 Å². The number of rotatable bonds is 23. The van der Waals surface area contributed by atoms with E-state index in [0.717, 1.165) is 44.9 Å². The fourth-order valence-corrected chi connectivity index (χ4v) is 11.0. The van der Waals surface area contributed by atoms with Crippen LogP contribution in [0.3, 0.4) is 0 Å². The number of nitrogens with one attached hydrogen (secondary N) is 1. The summed E-state index contributed by atoms with van der Waals surface area (Å²) in [6.45, 7) is 9.56. The lowest BCUT2D eigenvalue weighted by atomic mass is 9.77. The lowest BCUT2D eigenvalue weighted by Crippen LogP contribution is -2.39. The van der Waals surface area contributed by atoms with Gasteiger partial charge in [-0.1, -0.05) is 146 Å². The third-order valence-electron chi connectivity index (χ3n) is 12.3. The second-order valence-corrected chi connectivity index (χ2v) is 19.6. The van der Waals surface area contributed by atoms with Crippen molar-refractivity contribution < 1.29 is 32.6 Å². The van der Waals surface area contributed by atoms with Crippen LogP contribution in [0.4, 0.5) is 5.82 Å². The van der Waals surface area contributed by atoms with Crippen molar-refractivity contribution in [2.24, 2.45) is 0 Å². The number of nitrogens with zero attached hydrogens (tertiary/aromatic N) is 4. The number of hydrogen-bond donors (Lipinski definition) is 1. The van der Waals surface area contributed by atoms with Crippen LogP contribution in [0, 0.1) is 0 Å². The van der Waals surface area contributed by atoms with E-state index >= 15 is 0 Å². The molecule has 0 spiro atoms. The van der Waals surface area contributed by atoms with Crippen LogP contribution in [0.1, 0.15) is 80.5 Å². The first-order valence-corrected chi connectivity index (χ1v) is 25.4. The van der Waals surface area contributed by atoms with Gasteiger partial charge in [0.2, 0.25) is 0 Å². The highest BCUT2D eigenvalue weighted by molar-refractivity contribution is 7.53. The lowest BCUT2D eigenvalue weighted by molar-refractivity contribution is -0.0658. The van der Waals surface area contributed by atoms with Gasteiger partial charge in [-0.2, -0.15) is 0 Å². The summed E-state index contributed by atoms with van der Waals surface area (Å²) in [5.74, 6) is 1.99. The van der Waals surface area contributed by atoms with Gasteiger partial charge in [-0.05, 0) is 98.7 Å². The molecule has 0 fully saturated rings. The molecule has 2 aromatic heterocycles. The van der Waals surface area contributed by atoms with Crippen LogP contribution in [0.5, 0.6) is 11.5 Å². The molecule has 0 saturated carbocycles. The Morgan fingerprint density at radius 2 is 1.01 bits per heavy atom. The van der Waals surface area contributed by atoms with Gasteiger partial charge in [0.15, 0.2) is 11.5 Å². The quantitative estimate of drug-likeness (QED) is 0.0374. The van der Waals surface area contributed by atoms with Gasteiger partial charge < -0.3 is 37.9 Å². The molecule has 8 aromatic rings. The molecule has 13 heteroatoms. The summed E-state index contributed by atoms with van der Waals surface area (Å²) in [7, 11) is -0.278. The molecule has 1 N–H and O–H groups in total. The zero-order chi connectivity index (χ0) is 49.1. The third kappa shape index (κ3) is 10.7. The largest absolute Gasteiger partial charge is 0.497 e. The standard InChI is InChI=1S/C57H62N5O7P/c1-41(2)68-70(63,69-42(3)4)40-66-37-36-52(43(5)67-57(47-24-16-10-17-25-47,48-26-18-11-19-27-48)49-30-34-51(65-7)35-31-49)62-39-60-53-54(58-38-59-55(53)62)61-56(44-20-12-8-13-21-44,45-22-14-9-15-23-45)46-28-32-50(64-6)33-29-46/h8-35,38-39,41-43,52H,36-37,40H2,1-7H3,(H,58,59,61). The van der Waals surface area contributed by atoms with Gasteiger partial charge in [-0.3, -0.25) is 4.57 Å². The maximum atomic E-state index is 14.0. The molecule has 12 nitrogen and oxygen atoms in total. The van der Waals surface area contributed by atoms with Crippen molar-refractivity contribution in [2.45, 2.75) is 76.5 Å². The normalized spacial score (nSPS) is 13.1. The Morgan fingerprint density at radius 1 is 0.571 bits per heavy atom. The summed E-state index contributed by atoms with van der Waals surface area (Å²) >= 11 is 0. The first kappa shape index (κ1) is 49.8. The van der Waals surface area contributed by atoms with E-state index in [1.807, 2.05) is 129 Å². The van der Waals surface area contributed by atoms with Crippen molar-refractivity contribution in [3.05, 3.63) is 216 Å². The van der Waals surface area contributed by atoms with Crippen LogP contribution in [0.2, 0.25) is 0 Å². The topological polar surface area (TPSA) is 128 Å². The number of benzene rings is 6. The molecule has 2 heterocycles. The van der Waals surface area contributed by atoms with Crippen molar-refractivity contribution >= 4 is 24.6 Å². The summed E-state index contributed by atoms with van der Waals surface area (Å²) in [4.78, 5) is 14.9. The third-order valence-corrected chi connectivity index (χ3v) is 14.3. The number of anilines is 1. The van der Waals surface area contributed by atoms with Crippen molar-refractivity contribution in [1.29, 1.82) is 0 Å². The average molecular weight is 960 g/mol. The van der Waals surface area contributed by atoms with Crippen molar-refractivity contribution in [3.63, 3.8) is 0 Å². The minimum atomic E-state index is -3.60. The summed E-state index contributed by atoms with van der Waals surface area (Å²) in [5, 5.41) is 3.92. The van der Waals surface area contributed by atoms with Gasteiger partial charge in [0, 0.05) is 6.61 Å². The Labute approximate surface area is 411 Å². The zero-order valence-corrected chi connectivity index (χ0v) is 41.7. The molecule has 0 amide bonds. The van der Waals surface area contributed by atoms with E-state index in [0.29, 0.717) is 23.4 Å². The highest BCUT2D eigenvalue weighted by atomic mass is 31.2. The monoisotopic (exact) mass is 959 g/mol. The second kappa shape index (κ2) is 22.4. The number of imidazole rings is 1. The Balaban J connectivity index is 1.26. The molecule has 0 aliphatic rings. The van der Waals surface area contributed by atoms with Gasteiger partial charge in [-0.15, -0.1) is 0 Å². The van der Waals surface area contributed by atoms with Crippen molar-refractivity contribution in [3.8, 4) is 11.5 Å². The van der Waals surface area contributed by atoms with E-state index in [1.54, 1.807) is 26.9 Å². The summed E-state index contributed by atoms with van der Waals surface area (Å²) in [6.07, 6.45) is 2.33. The zero-order valence-electron chi connectivity index (χ0n) is 40.8. The molecule has 2 atom stereocenters. The molecule has 70 heavy (non-hydrogen) atoms. The van der Waals surface area contributed by atoms with Gasteiger partial charge >= 0.3 is 7.60 Å². The van der Waals surface area contributed by atoms with Crippen LogP contribution in [-0.4, -0.2) is 65.0 Å². The van der Waals surface area contributed by atoms with E-state index < -0.39 is 30.9 Å². The summed E-state index contributed by atoms with van der Waals surface area (Å²) in [5.41, 5.74) is 4.83. The van der Waals surface area contributed by atoms with E-state index in [-0.39, 0.29) is 25.2 Å². The number of methoxy groups -OCH3 is 2. The molecule has 0 radical (unpaired) electrons. The smallest absolute Gasteiger partial charge is 0.356 e. The fourth-order valence-electron chi connectivity index (χ4n) is 9.24. The average Bonchev–Trinajstić information content (AvgIpc) is 3.82. The van der Waals surface area contributed by atoms with Gasteiger partial charge in [0.25, 0.3) is 0 Å². The number of ether oxygens (including phenoxy) is 4. The molecule has 0 bridgehead atoms. The minimum absolute atomic E-state index is 0.177. The van der Waals surface area contributed by atoms with Gasteiger partial charge in [-0.25, -0.2) is 15.0 Å². The fraction of sp³-hybridized carbons (Fsp3) is 0.281. The lowest BCUT2D eigenvalue weighted by Gasteiger charge is -2.40. The molecule has 6 aromatic carbocycles. The highest BCUT2D eigenvalue weighted by Gasteiger charge is 2.42. The maximum Gasteiger partial charge on any atom is 0.356 e. The van der Waals surface area contributed by atoms with E-state index in [1.165, 1.54) is 0 Å². The molecular formula is C57H62N5O7P. The predicted molar refractivity (Wildman–Crippen MR) is 276 cm³/mol. The van der Waals surface area contributed by atoms with Gasteiger partial charge in [0.05, 0.1) is 44.9 Å². The van der Waals surface area contributed by atoms with Crippen LogP contribution >= 0.6 is 7.60 Å². The van der Waals surface area contributed by atoms with Crippen LogP contribution < -0.4 is 14.8 Å². The Kier molecular flexibility index (Phi) is 15.9. The highest BCUT2D eigenvalue weighted by Crippen LogP contribution is 2.51. The molecule has 0 aliphatic heterocycles. The molecule has 8 rings (SSSR count). The molecule has 0 saturated heterocycles. The van der Waals surface area contributed by atoms with Crippen LogP contribution in [0.25, 0.3) is 11.2 Å². The van der Waals surface area contributed by atoms with Crippen molar-refractivity contribution in [1.82, 2.24) is 19.5 Å². The molecular weight excluding hydrogens is 898 g/mol. The Morgan fingerprint density at radius 3 is 1.49 bits per heavy atom. The number of fused-ring (bicyclic) bond motifs is 1. The molecule has 2 unspecified atom stereocenters. The van der Waals surface area contributed by atoms with E-state index in [2.05, 4.69) is 85.0 Å². The summed E-state index contributed by atoms with van der Waals surface area (Å²) < 4.78 is 52.9. The molecule has 0 aliphatic carbocycles.